The maximum absolute atomic E-state index is 11.9. The number of thiazole rings is 1. The summed E-state index contributed by atoms with van der Waals surface area (Å²) in [5.74, 6) is -0.978. The van der Waals surface area contributed by atoms with E-state index in [0.29, 0.717) is 10.7 Å². The van der Waals surface area contributed by atoms with Gasteiger partial charge in [0.1, 0.15) is 21.2 Å². The van der Waals surface area contributed by atoms with Crippen molar-refractivity contribution in [2.24, 2.45) is 0 Å². The van der Waals surface area contributed by atoms with E-state index >= 15 is 0 Å². The molecule has 6 heteroatoms. The molecule has 0 unspecified atom stereocenters. The second-order valence-corrected chi connectivity index (χ2v) is 7.92. The predicted octanol–water partition coefficient (Wildman–Crippen LogP) is 5.80. The van der Waals surface area contributed by atoms with E-state index in [1.54, 1.807) is 0 Å². The van der Waals surface area contributed by atoms with Crippen molar-refractivity contribution < 1.29 is 9.90 Å². The number of benzene rings is 2. The molecule has 0 atom stereocenters. The number of aromatic nitrogens is 3. The van der Waals surface area contributed by atoms with Gasteiger partial charge in [-0.1, -0.05) is 60.7 Å². The number of pyridine rings is 1. The van der Waals surface area contributed by atoms with E-state index < -0.39 is 5.97 Å². The third-order valence-electron chi connectivity index (χ3n) is 4.97. The van der Waals surface area contributed by atoms with Crippen LogP contribution < -0.4 is 0 Å². The molecule has 0 aliphatic rings. The average molecular weight is 411 g/mol. The number of carboxylic acid groups (broad SMARTS) is 1. The summed E-state index contributed by atoms with van der Waals surface area (Å²) in [7, 11) is 0. The van der Waals surface area contributed by atoms with Crippen molar-refractivity contribution in [1.29, 1.82) is 0 Å². The zero-order valence-electron chi connectivity index (χ0n) is 16.1. The largest absolute Gasteiger partial charge is 0.477 e. The quantitative estimate of drug-likeness (QED) is 0.406. The lowest BCUT2D eigenvalue weighted by atomic mass is 10.1. The lowest BCUT2D eigenvalue weighted by Gasteiger charge is -2.05. The van der Waals surface area contributed by atoms with Crippen LogP contribution in [0.3, 0.4) is 0 Å². The zero-order valence-corrected chi connectivity index (χ0v) is 16.9. The molecule has 1 N–H and O–H groups in total. The van der Waals surface area contributed by atoms with Crippen LogP contribution in [-0.2, 0) is 0 Å². The first-order valence-electron chi connectivity index (χ1n) is 9.46. The van der Waals surface area contributed by atoms with Crippen molar-refractivity contribution >= 4 is 23.0 Å². The number of imidazole rings is 1. The number of hydrogen-bond acceptors (Lipinski definition) is 4. The zero-order chi connectivity index (χ0) is 20.7. The Kier molecular flexibility index (Phi) is 4.41. The van der Waals surface area contributed by atoms with Gasteiger partial charge in [0.2, 0.25) is 0 Å². The smallest absolute Gasteiger partial charge is 0.348 e. The number of aryl methyl sites for hydroxylation is 1. The molecule has 0 aliphatic carbocycles. The van der Waals surface area contributed by atoms with Gasteiger partial charge in [-0.25, -0.2) is 14.8 Å². The van der Waals surface area contributed by atoms with E-state index in [-0.39, 0.29) is 4.88 Å². The minimum Gasteiger partial charge on any atom is -0.477 e. The van der Waals surface area contributed by atoms with Gasteiger partial charge in [-0.2, -0.15) is 0 Å². The van der Waals surface area contributed by atoms with Gasteiger partial charge < -0.3 is 5.11 Å². The summed E-state index contributed by atoms with van der Waals surface area (Å²) in [6.45, 7) is 1.93. The average Bonchev–Trinajstić information content (AvgIpc) is 3.35. The van der Waals surface area contributed by atoms with Crippen molar-refractivity contribution in [1.82, 2.24) is 14.4 Å². The molecule has 0 fully saturated rings. The second-order valence-electron chi connectivity index (χ2n) is 6.93. The Bertz CT molecular complexity index is 1370. The molecule has 5 rings (SSSR count). The second kappa shape index (κ2) is 7.24. The topological polar surface area (TPSA) is 67.5 Å². The number of carboxylic acids is 1. The van der Waals surface area contributed by atoms with Crippen LogP contribution in [0.25, 0.3) is 38.7 Å². The number of rotatable bonds is 4. The number of hydrogen-bond donors (Lipinski definition) is 1. The Hall–Kier alpha value is -3.77. The summed E-state index contributed by atoms with van der Waals surface area (Å²) < 4.78 is 2.00. The lowest BCUT2D eigenvalue weighted by molar-refractivity contribution is 0.0702. The molecule has 30 heavy (non-hydrogen) atoms. The molecule has 0 bridgehead atoms. The summed E-state index contributed by atoms with van der Waals surface area (Å²) in [6, 6.07) is 23.5. The molecular formula is C24H17N3O2S. The normalized spacial score (nSPS) is 11.1. The van der Waals surface area contributed by atoms with Crippen LogP contribution in [0.2, 0.25) is 0 Å². The fourth-order valence-corrected chi connectivity index (χ4v) is 4.60. The lowest BCUT2D eigenvalue weighted by Crippen LogP contribution is -1.95. The Labute approximate surface area is 176 Å². The molecule has 3 heterocycles. The maximum Gasteiger partial charge on any atom is 0.348 e. The molecule has 0 saturated carbocycles. The molecule has 146 valence electrons. The SMILES string of the molecule is Cc1nc2ccc(-c3ccccc3)cn2c1-c1nc(-c2ccccc2)c(C(=O)O)s1. The van der Waals surface area contributed by atoms with Crippen molar-refractivity contribution in [2.75, 3.05) is 0 Å². The highest BCUT2D eigenvalue weighted by Gasteiger charge is 2.23. The summed E-state index contributed by atoms with van der Waals surface area (Å²) in [6.07, 6.45) is 2.03. The van der Waals surface area contributed by atoms with E-state index in [4.69, 9.17) is 4.98 Å². The third-order valence-corrected chi connectivity index (χ3v) is 6.02. The molecule has 5 nitrogen and oxygen atoms in total. The van der Waals surface area contributed by atoms with Crippen LogP contribution in [0, 0.1) is 6.92 Å². The van der Waals surface area contributed by atoms with Crippen LogP contribution in [0.4, 0.5) is 0 Å². The summed E-state index contributed by atoms with van der Waals surface area (Å²) in [5, 5.41) is 10.4. The first-order valence-corrected chi connectivity index (χ1v) is 10.3. The highest BCUT2D eigenvalue weighted by atomic mass is 32.1. The minimum atomic E-state index is -0.978. The molecule has 5 aromatic rings. The standard InChI is InChI=1S/C24H17N3O2S/c1-15-21(23-26-20(22(30-23)24(28)29)17-10-6-3-7-11-17)27-14-18(12-13-19(27)25-15)16-8-4-2-5-9-16/h2-14H,1H3,(H,28,29). The third kappa shape index (κ3) is 3.07. The van der Waals surface area contributed by atoms with E-state index in [0.717, 1.165) is 33.7 Å². The summed E-state index contributed by atoms with van der Waals surface area (Å²) >= 11 is 1.18. The van der Waals surface area contributed by atoms with Gasteiger partial charge in [-0.15, -0.1) is 11.3 Å². The molecule has 0 saturated heterocycles. The molecule has 0 spiro atoms. The van der Waals surface area contributed by atoms with Crippen LogP contribution >= 0.6 is 11.3 Å². The fourth-order valence-electron chi connectivity index (χ4n) is 3.58. The molecule has 0 amide bonds. The van der Waals surface area contributed by atoms with Crippen molar-refractivity contribution in [2.45, 2.75) is 6.92 Å². The Morgan fingerprint density at radius 3 is 2.20 bits per heavy atom. The summed E-state index contributed by atoms with van der Waals surface area (Å²) in [4.78, 5) is 21.5. The van der Waals surface area contributed by atoms with E-state index in [2.05, 4.69) is 17.1 Å². The maximum atomic E-state index is 11.9. The highest BCUT2D eigenvalue weighted by molar-refractivity contribution is 7.17. The molecular weight excluding hydrogens is 394 g/mol. The molecule has 2 aromatic carbocycles. The van der Waals surface area contributed by atoms with Crippen LogP contribution in [0.5, 0.6) is 0 Å². The van der Waals surface area contributed by atoms with Gasteiger partial charge in [0.25, 0.3) is 0 Å². The van der Waals surface area contributed by atoms with Gasteiger partial charge in [0.05, 0.1) is 11.4 Å². The van der Waals surface area contributed by atoms with Crippen LogP contribution in [0.15, 0.2) is 79.0 Å². The first-order chi connectivity index (χ1) is 14.6. The summed E-state index contributed by atoms with van der Waals surface area (Å²) in [5.41, 5.74) is 5.86. The van der Waals surface area contributed by atoms with Gasteiger partial charge in [0, 0.05) is 11.8 Å². The van der Waals surface area contributed by atoms with Crippen molar-refractivity contribution in [3.8, 4) is 33.1 Å². The van der Waals surface area contributed by atoms with Gasteiger partial charge in [0.15, 0.2) is 0 Å². The Morgan fingerprint density at radius 2 is 1.53 bits per heavy atom. The van der Waals surface area contributed by atoms with E-state index in [1.165, 1.54) is 11.3 Å². The van der Waals surface area contributed by atoms with Gasteiger partial charge in [-0.05, 0) is 30.2 Å². The number of fused-ring (bicyclic) bond motifs is 1. The van der Waals surface area contributed by atoms with Crippen molar-refractivity contribution in [3.63, 3.8) is 0 Å². The van der Waals surface area contributed by atoms with Crippen LogP contribution in [-0.4, -0.2) is 25.4 Å². The fraction of sp³-hybridized carbons (Fsp3) is 0.0417. The van der Waals surface area contributed by atoms with E-state index in [1.807, 2.05) is 78.2 Å². The minimum absolute atomic E-state index is 0.227. The monoisotopic (exact) mass is 411 g/mol. The van der Waals surface area contributed by atoms with E-state index in [9.17, 15) is 9.90 Å². The molecule has 0 aliphatic heterocycles. The predicted molar refractivity (Wildman–Crippen MR) is 119 cm³/mol. The Morgan fingerprint density at radius 1 is 0.867 bits per heavy atom. The van der Waals surface area contributed by atoms with Gasteiger partial charge >= 0.3 is 5.97 Å². The first kappa shape index (κ1) is 18.3. The molecule has 0 radical (unpaired) electrons. The Balaban J connectivity index is 1.71. The van der Waals surface area contributed by atoms with Gasteiger partial charge in [-0.3, -0.25) is 4.40 Å². The number of carbonyl (C=O) groups is 1. The van der Waals surface area contributed by atoms with Crippen molar-refractivity contribution in [3.05, 3.63) is 89.6 Å². The number of aromatic carboxylic acids is 1. The van der Waals surface area contributed by atoms with Crippen LogP contribution in [0.1, 0.15) is 15.4 Å². The number of nitrogens with zero attached hydrogens (tertiary/aromatic N) is 3. The highest BCUT2D eigenvalue weighted by Crippen LogP contribution is 2.36. The molecule has 3 aromatic heterocycles.